The number of aromatic nitrogens is 1. The lowest BCUT2D eigenvalue weighted by Crippen LogP contribution is -2.46. The molecule has 0 spiro atoms. The van der Waals surface area contributed by atoms with Crippen molar-refractivity contribution in [2.24, 2.45) is 0 Å². The van der Waals surface area contributed by atoms with E-state index in [1.807, 2.05) is 62.4 Å². The molecule has 1 saturated heterocycles. The van der Waals surface area contributed by atoms with Gasteiger partial charge in [0.05, 0.1) is 33.8 Å². The molecule has 0 aliphatic carbocycles. The molecular formula is C32H37Cl2N3O5. The minimum absolute atomic E-state index is 0.0934. The van der Waals surface area contributed by atoms with Gasteiger partial charge in [0.1, 0.15) is 6.61 Å². The van der Waals surface area contributed by atoms with E-state index < -0.39 is 6.16 Å². The van der Waals surface area contributed by atoms with Crippen LogP contribution in [0.25, 0.3) is 6.08 Å². The molecule has 224 valence electrons. The Morgan fingerprint density at radius 1 is 0.905 bits per heavy atom. The lowest BCUT2D eigenvalue weighted by Gasteiger charge is -2.36. The highest BCUT2D eigenvalue weighted by Gasteiger charge is 2.19. The molecule has 3 aromatic rings. The number of benzene rings is 2. The first-order valence-electron chi connectivity index (χ1n) is 14.1. The molecule has 0 amide bonds. The number of nitrogens with zero attached hydrogens (tertiary/aromatic N) is 3. The standard InChI is InChI=1S/C32H37Cl2N3O5/c1-24-13-14-30(38)37(23-42-32(39)41-22-26-9-4-3-5-10-26)29(24)21-25(2)40-20-7-6-15-35-16-18-36(19-17-35)28-12-8-11-27(33)31(28)34/h3-5,8-14,21H,6-7,15-20,22-23H2,1-2H3/b25-21+. The second kappa shape index (κ2) is 15.7. The van der Waals surface area contributed by atoms with Gasteiger partial charge in [0.15, 0.2) is 6.73 Å². The maximum atomic E-state index is 12.6. The molecule has 0 N–H and O–H groups in total. The molecule has 10 heteroatoms. The second-order valence-corrected chi connectivity index (χ2v) is 11.0. The Labute approximate surface area is 257 Å². The van der Waals surface area contributed by atoms with Crippen LogP contribution in [0, 0.1) is 6.92 Å². The molecule has 0 radical (unpaired) electrons. The number of halogens is 2. The van der Waals surface area contributed by atoms with Crippen molar-refractivity contribution in [2.75, 3.05) is 44.2 Å². The number of ether oxygens (including phenoxy) is 3. The highest BCUT2D eigenvalue weighted by molar-refractivity contribution is 6.43. The number of aryl methyl sites for hydroxylation is 1. The van der Waals surface area contributed by atoms with Crippen molar-refractivity contribution < 1.29 is 19.0 Å². The third-order valence-corrected chi connectivity index (χ3v) is 7.94. The van der Waals surface area contributed by atoms with Crippen LogP contribution >= 0.6 is 23.2 Å². The number of anilines is 1. The monoisotopic (exact) mass is 613 g/mol. The van der Waals surface area contributed by atoms with Crippen LogP contribution in [-0.4, -0.2) is 55.0 Å². The van der Waals surface area contributed by atoms with Gasteiger partial charge in [0.2, 0.25) is 0 Å². The molecule has 0 atom stereocenters. The maximum absolute atomic E-state index is 12.6. The molecular weight excluding hydrogens is 577 g/mol. The fourth-order valence-electron chi connectivity index (χ4n) is 4.76. The summed E-state index contributed by atoms with van der Waals surface area (Å²) in [7, 11) is 0. The first-order chi connectivity index (χ1) is 20.3. The Balaban J connectivity index is 1.20. The van der Waals surface area contributed by atoms with Crippen LogP contribution in [0.2, 0.25) is 10.0 Å². The summed E-state index contributed by atoms with van der Waals surface area (Å²) in [4.78, 5) is 29.5. The predicted octanol–water partition coefficient (Wildman–Crippen LogP) is 6.75. The first kappa shape index (κ1) is 31.5. The van der Waals surface area contributed by atoms with Crippen LogP contribution in [0.4, 0.5) is 10.5 Å². The van der Waals surface area contributed by atoms with Crippen LogP contribution in [0.3, 0.4) is 0 Å². The molecule has 1 aromatic heterocycles. The minimum Gasteiger partial charge on any atom is -0.498 e. The second-order valence-electron chi connectivity index (χ2n) is 10.2. The molecule has 0 saturated carbocycles. The van der Waals surface area contributed by atoms with Crippen molar-refractivity contribution in [3.8, 4) is 0 Å². The Morgan fingerprint density at radius 3 is 2.43 bits per heavy atom. The van der Waals surface area contributed by atoms with Gasteiger partial charge in [-0.05, 0) is 62.6 Å². The van der Waals surface area contributed by atoms with Gasteiger partial charge < -0.3 is 19.1 Å². The topological polar surface area (TPSA) is 73.2 Å². The molecule has 42 heavy (non-hydrogen) atoms. The minimum atomic E-state index is -0.843. The van der Waals surface area contributed by atoms with E-state index in [1.54, 1.807) is 12.1 Å². The number of pyridine rings is 1. The maximum Gasteiger partial charge on any atom is 0.510 e. The van der Waals surface area contributed by atoms with Gasteiger partial charge in [0.25, 0.3) is 5.56 Å². The quantitative estimate of drug-likeness (QED) is 0.127. The van der Waals surface area contributed by atoms with E-state index in [2.05, 4.69) is 9.80 Å². The van der Waals surface area contributed by atoms with E-state index in [9.17, 15) is 9.59 Å². The van der Waals surface area contributed by atoms with Gasteiger partial charge in [0, 0.05) is 32.2 Å². The summed E-state index contributed by atoms with van der Waals surface area (Å²) in [5, 5.41) is 1.20. The number of allylic oxidation sites excluding steroid dienone is 1. The Bertz CT molecular complexity index is 1420. The SMILES string of the molecule is C/C(=C\c1c(C)ccc(=O)n1COC(=O)OCc1ccccc1)OCCCCN1CCN(c2cccc(Cl)c2Cl)CC1. The summed E-state index contributed by atoms with van der Waals surface area (Å²) in [6.07, 6.45) is 2.88. The van der Waals surface area contributed by atoms with Crippen molar-refractivity contribution in [1.82, 2.24) is 9.47 Å². The summed E-state index contributed by atoms with van der Waals surface area (Å²) >= 11 is 12.6. The highest BCUT2D eigenvalue weighted by Crippen LogP contribution is 2.32. The fourth-order valence-corrected chi connectivity index (χ4v) is 5.17. The number of hydrogen-bond donors (Lipinski definition) is 0. The lowest BCUT2D eigenvalue weighted by atomic mass is 10.2. The molecule has 4 rings (SSSR count). The van der Waals surface area contributed by atoms with Crippen LogP contribution in [-0.2, 0) is 27.5 Å². The molecule has 1 aliphatic rings. The van der Waals surface area contributed by atoms with Crippen molar-refractivity contribution >= 4 is 41.1 Å². The van der Waals surface area contributed by atoms with E-state index >= 15 is 0 Å². The molecule has 8 nitrogen and oxygen atoms in total. The van der Waals surface area contributed by atoms with Crippen LogP contribution in [0.15, 0.2) is 71.2 Å². The number of carbonyl (C=O) groups is 1. The van der Waals surface area contributed by atoms with Gasteiger partial charge in [-0.1, -0.05) is 65.7 Å². The molecule has 0 unspecified atom stereocenters. The zero-order valence-electron chi connectivity index (χ0n) is 24.1. The molecule has 1 aliphatic heterocycles. The summed E-state index contributed by atoms with van der Waals surface area (Å²) in [6.45, 7) is 8.90. The summed E-state index contributed by atoms with van der Waals surface area (Å²) in [6, 6.07) is 18.3. The number of rotatable bonds is 12. The smallest absolute Gasteiger partial charge is 0.498 e. The zero-order valence-corrected chi connectivity index (χ0v) is 25.6. The van der Waals surface area contributed by atoms with Crippen molar-refractivity contribution in [3.05, 3.63) is 104 Å². The van der Waals surface area contributed by atoms with Gasteiger partial charge in [-0.15, -0.1) is 0 Å². The van der Waals surface area contributed by atoms with Gasteiger partial charge >= 0.3 is 6.16 Å². The normalized spacial score (nSPS) is 14.1. The van der Waals surface area contributed by atoms with E-state index in [1.165, 1.54) is 10.6 Å². The number of carbonyl (C=O) groups excluding carboxylic acids is 1. The van der Waals surface area contributed by atoms with Gasteiger partial charge in [-0.25, -0.2) is 4.79 Å². The lowest BCUT2D eigenvalue weighted by molar-refractivity contribution is 0.0279. The van der Waals surface area contributed by atoms with E-state index in [-0.39, 0.29) is 18.9 Å². The van der Waals surface area contributed by atoms with Crippen LogP contribution in [0.5, 0.6) is 0 Å². The Hall–Kier alpha value is -3.46. The van der Waals surface area contributed by atoms with Crippen molar-refractivity contribution in [1.29, 1.82) is 0 Å². The average molecular weight is 615 g/mol. The van der Waals surface area contributed by atoms with Crippen LogP contribution in [0.1, 0.15) is 36.6 Å². The van der Waals surface area contributed by atoms with E-state index in [0.717, 1.165) is 62.4 Å². The van der Waals surface area contributed by atoms with Crippen molar-refractivity contribution in [2.45, 2.75) is 40.0 Å². The summed E-state index contributed by atoms with van der Waals surface area (Å²) in [5.74, 6) is 0.677. The molecule has 1 fully saturated rings. The summed E-state index contributed by atoms with van der Waals surface area (Å²) in [5.41, 5.74) is 3.03. The molecule has 2 aromatic carbocycles. The Morgan fingerprint density at radius 2 is 1.67 bits per heavy atom. The number of piperazine rings is 1. The average Bonchev–Trinajstić information content (AvgIpc) is 3.00. The molecule has 2 heterocycles. The molecule has 0 bridgehead atoms. The number of unbranched alkanes of at least 4 members (excludes halogenated alkanes) is 1. The van der Waals surface area contributed by atoms with E-state index in [0.29, 0.717) is 28.1 Å². The van der Waals surface area contributed by atoms with Gasteiger partial charge in [-0.3, -0.25) is 14.3 Å². The third-order valence-electron chi connectivity index (χ3n) is 7.13. The summed E-state index contributed by atoms with van der Waals surface area (Å²) < 4.78 is 17.7. The highest BCUT2D eigenvalue weighted by atomic mass is 35.5. The number of hydrogen-bond acceptors (Lipinski definition) is 7. The third kappa shape index (κ3) is 9.02. The van der Waals surface area contributed by atoms with Crippen LogP contribution < -0.4 is 10.5 Å². The van der Waals surface area contributed by atoms with Gasteiger partial charge in [-0.2, -0.15) is 0 Å². The first-order valence-corrected chi connectivity index (χ1v) is 14.8. The zero-order chi connectivity index (χ0) is 29.9. The predicted molar refractivity (Wildman–Crippen MR) is 167 cm³/mol. The largest absolute Gasteiger partial charge is 0.510 e. The Kier molecular flexibility index (Phi) is 11.7. The van der Waals surface area contributed by atoms with Crippen molar-refractivity contribution in [3.63, 3.8) is 0 Å². The van der Waals surface area contributed by atoms with E-state index in [4.69, 9.17) is 37.4 Å². The fraction of sp³-hybridized carbons (Fsp3) is 0.375.